The highest BCUT2D eigenvalue weighted by Crippen LogP contribution is 2.21. The van der Waals surface area contributed by atoms with Gasteiger partial charge in [-0.25, -0.2) is 0 Å². The zero-order valence-corrected chi connectivity index (χ0v) is 7.84. The average Bonchev–Trinajstić information content (AvgIpc) is 2.75. The number of tetrazole rings is 2. The molecule has 2 aromatic heterocycles. The summed E-state index contributed by atoms with van der Waals surface area (Å²) >= 11 is 2.90. The van der Waals surface area contributed by atoms with Gasteiger partial charge in [-0.15, -0.1) is 20.4 Å². The van der Waals surface area contributed by atoms with E-state index < -0.39 is 0 Å². The predicted molar refractivity (Wildman–Crippen MR) is 44.9 cm³/mol. The Bertz CT molecular complexity index is 294. The summed E-state index contributed by atoms with van der Waals surface area (Å²) in [7, 11) is 0. The summed E-state index contributed by atoms with van der Waals surface area (Å²) in [6.45, 7) is 0. The van der Waals surface area contributed by atoms with Gasteiger partial charge in [0.1, 0.15) is 0 Å². The molecule has 2 aromatic rings. The Kier molecular flexibility index (Phi) is 2.72. The maximum absolute atomic E-state index is 3.77. The van der Waals surface area contributed by atoms with Crippen LogP contribution in [-0.4, -0.2) is 46.3 Å². The summed E-state index contributed by atoms with van der Waals surface area (Å²) in [5, 5.41) is 28.6. The first kappa shape index (κ1) is 8.44. The summed E-state index contributed by atoms with van der Waals surface area (Å²) in [5.74, 6) is 0. The number of aromatic nitrogens is 8. The van der Waals surface area contributed by atoms with Gasteiger partial charge in [-0.1, -0.05) is 23.5 Å². The minimum absolute atomic E-state index is 0.607. The van der Waals surface area contributed by atoms with Crippen molar-refractivity contribution in [2.75, 3.05) is 5.08 Å². The van der Waals surface area contributed by atoms with E-state index in [4.69, 9.17) is 0 Å². The Morgan fingerprint density at radius 1 is 0.923 bits per heavy atom. The Morgan fingerprint density at radius 3 is 1.85 bits per heavy atom. The number of thioether (sulfide) groups is 2. The van der Waals surface area contributed by atoms with Gasteiger partial charge in [-0.05, 0) is 10.4 Å². The van der Waals surface area contributed by atoms with Crippen molar-refractivity contribution in [3.63, 3.8) is 0 Å². The van der Waals surface area contributed by atoms with Gasteiger partial charge in [0.15, 0.2) is 0 Å². The number of H-pyrrole nitrogens is 2. The highest BCUT2D eigenvalue weighted by Gasteiger charge is 2.02. The molecule has 0 aliphatic heterocycles. The lowest BCUT2D eigenvalue weighted by Crippen LogP contribution is -1.79. The fraction of sp³-hybridized carbons (Fsp3) is 0.333. The lowest BCUT2D eigenvalue weighted by molar-refractivity contribution is 0.881. The summed E-state index contributed by atoms with van der Waals surface area (Å²) in [4.78, 5) is 0. The third-order valence-electron chi connectivity index (χ3n) is 1.03. The van der Waals surface area contributed by atoms with Crippen LogP contribution in [0.3, 0.4) is 0 Å². The number of aromatic amines is 2. The minimum atomic E-state index is 0.607. The monoisotopic (exact) mass is 216 g/mol. The SMILES string of the molecule is C(Sc1nn[nH]n1)Sc1nn[nH]n1. The van der Waals surface area contributed by atoms with Crippen molar-refractivity contribution < 1.29 is 0 Å². The third-order valence-corrected chi connectivity index (χ3v) is 2.83. The van der Waals surface area contributed by atoms with Gasteiger partial charge < -0.3 is 0 Å². The van der Waals surface area contributed by atoms with Crippen molar-refractivity contribution in [1.29, 1.82) is 0 Å². The van der Waals surface area contributed by atoms with Gasteiger partial charge in [0, 0.05) is 0 Å². The topological polar surface area (TPSA) is 109 Å². The summed E-state index contributed by atoms with van der Waals surface area (Å²) in [6.07, 6.45) is 0. The molecule has 8 nitrogen and oxygen atoms in total. The number of hydrogen-bond donors (Lipinski definition) is 2. The van der Waals surface area contributed by atoms with Gasteiger partial charge in [0.05, 0.1) is 5.08 Å². The average molecular weight is 216 g/mol. The fourth-order valence-corrected chi connectivity index (χ4v) is 2.05. The molecular formula is C3H4N8S2. The Hall–Kier alpha value is -1.16. The van der Waals surface area contributed by atoms with E-state index >= 15 is 0 Å². The van der Waals surface area contributed by atoms with Gasteiger partial charge in [-0.2, -0.15) is 10.4 Å². The van der Waals surface area contributed by atoms with E-state index in [0.717, 1.165) is 5.08 Å². The minimum Gasteiger partial charge on any atom is -0.176 e. The zero-order chi connectivity index (χ0) is 8.93. The van der Waals surface area contributed by atoms with E-state index in [2.05, 4.69) is 41.2 Å². The van der Waals surface area contributed by atoms with Crippen LogP contribution in [0, 0.1) is 0 Å². The Labute approximate surface area is 80.6 Å². The van der Waals surface area contributed by atoms with Crippen molar-refractivity contribution in [3.8, 4) is 0 Å². The van der Waals surface area contributed by atoms with Crippen LogP contribution in [0.2, 0.25) is 0 Å². The maximum Gasteiger partial charge on any atom is 0.231 e. The molecule has 2 N–H and O–H groups in total. The van der Waals surface area contributed by atoms with Crippen LogP contribution in [0.5, 0.6) is 0 Å². The number of rotatable bonds is 4. The first-order valence-corrected chi connectivity index (χ1v) is 5.15. The molecular weight excluding hydrogens is 212 g/mol. The molecule has 0 saturated carbocycles. The van der Waals surface area contributed by atoms with E-state index in [0.29, 0.717) is 10.3 Å². The normalized spacial score (nSPS) is 10.5. The lowest BCUT2D eigenvalue weighted by Gasteiger charge is -1.89. The van der Waals surface area contributed by atoms with Crippen molar-refractivity contribution in [1.82, 2.24) is 41.2 Å². The quantitative estimate of drug-likeness (QED) is 0.522. The third kappa shape index (κ3) is 2.39. The maximum atomic E-state index is 3.77. The largest absolute Gasteiger partial charge is 0.231 e. The van der Waals surface area contributed by atoms with E-state index in [1.807, 2.05) is 0 Å². The van der Waals surface area contributed by atoms with Crippen molar-refractivity contribution in [2.24, 2.45) is 0 Å². The Balaban J connectivity index is 1.76. The molecule has 0 amide bonds. The van der Waals surface area contributed by atoms with Gasteiger partial charge >= 0.3 is 0 Å². The molecule has 0 saturated heterocycles. The van der Waals surface area contributed by atoms with Crippen LogP contribution < -0.4 is 0 Å². The van der Waals surface area contributed by atoms with E-state index in [9.17, 15) is 0 Å². The first-order valence-electron chi connectivity index (χ1n) is 3.17. The fourth-order valence-electron chi connectivity index (χ4n) is 0.562. The van der Waals surface area contributed by atoms with Crippen LogP contribution in [0.25, 0.3) is 0 Å². The highest BCUT2D eigenvalue weighted by molar-refractivity contribution is 8.15. The predicted octanol–water partition coefficient (Wildman–Crippen LogP) is -0.445. The second-order valence-electron chi connectivity index (χ2n) is 1.80. The molecule has 10 heteroatoms. The molecule has 0 spiro atoms. The number of nitrogens with one attached hydrogen (secondary N) is 2. The number of nitrogens with zero attached hydrogens (tertiary/aromatic N) is 6. The molecule has 0 radical (unpaired) electrons. The Morgan fingerprint density at radius 2 is 1.46 bits per heavy atom. The van der Waals surface area contributed by atoms with E-state index in [-0.39, 0.29) is 0 Å². The summed E-state index contributed by atoms with van der Waals surface area (Å²) < 4.78 is 0. The summed E-state index contributed by atoms with van der Waals surface area (Å²) in [5.41, 5.74) is 0. The molecule has 0 fully saturated rings. The molecule has 0 aliphatic rings. The molecule has 2 rings (SSSR count). The molecule has 0 bridgehead atoms. The van der Waals surface area contributed by atoms with Gasteiger partial charge in [-0.3, -0.25) is 0 Å². The molecule has 0 aliphatic carbocycles. The first-order chi connectivity index (χ1) is 6.45. The second-order valence-corrected chi connectivity index (χ2v) is 4.05. The van der Waals surface area contributed by atoms with E-state index in [1.165, 1.54) is 23.5 Å². The summed E-state index contributed by atoms with van der Waals surface area (Å²) in [6, 6.07) is 0. The molecule has 2 heterocycles. The number of hydrogen-bond acceptors (Lipinski definition) is 8. The van der Waals surface area contributed by atoms with E-state index in [1.54, 1.807) is 0 Å². The van der Waals surface area contributed by atoms with Crippen molar-refractivity contribution >= 4 is 23.5 Å². The zero-order valence-electron chi connectivity index (χ0n) is 6.21. The second kappa shape index (κ2) is 4.18. The van der Waals surface area contributed by atoms with Crippen LogP contribution in [-0.2, 0) is 0 Å². The van der Waals surface area contributed by atoms with Crippen LogP contribution in [0.15, 0.2) is 10.3 Å². The lowest BCUT2D eigenvalue weighted by atomic mass is 11.4. The van der Waals surface area contributed by atoms with Crippen LogP contribution in [0.1, 0.15) is 0 Å². The molecule has 0 atom stereocenters. The molecule has 68 valence electrons. The highest BCUT2D eigenvalue weighted by atomic mass is 32.2. The van der Waals surface area contributed by atoms with Crippen LogP contribution >= 0.6 is 23.5 Å². The molecule has 13 heavy (non-hydrogen) atoms. The van der Waals surface area contributed by atoms with Gasteiger partial charge in [0.2, 0.25) is 10.3 Å². The molecule has 0 aromatic carbocycles. The van der Waals surface area contributed by atoms with Crippen LogP contribution in [0.4, 0.5) is 0 Å². The van der Waals surface area contributed by atoms with Crippen molar-refractivity contribution in [2.45, 2.75) is 10.3 Å². The standard InChI is InChI=1S/C3H4N8S2/c1(12-2-4-8-9-5-2)13-3-6-10-11-7-3/h1H2,(H,4,5,8,9)(H,6,7,10,11). The smallest absolute Gasteiger partial charge is 0.176 e. The molecule has 0 unspecified atom stereocenters. The van der Waals surface area contributed by atoms with Gasteiger partial charge in [0.25, 0.3) is 0 Å². The van der Waals surface area contributed by atoms with Crippen molar-refractivity contribution in [3.05, 3.63) is 0 Å².